The van der Waals surface area contributed by atoms with E-state index in [4.69, 9.17) is 23.2 Å². The lowest BCUT2D eigenvalue weighted by molar-refractivity contribution is 0.895. The third-order valence-electron chi connectivity index (χ3n) is 3.73. The first-order valence-corrected chi connectivity index (χ1v) is 8.21. The molecule has 0 radical (unpaired) electrons. The minimum absolute atomic E-state index is 0.524. The van der Waals surface area contributed by atoms with E-state index in [1.807, 2.05) is 13.1 Å². The summed E-state index contributed by atoms with van der Waals surface area (Å²) in [5.41, 5.74) is 2.39. The van der Waals surface area contributed by atoms with E-state index in [0.29, 0.717) is 27.4 Å². The zero-order valence-corrected chi connectivity index (χ0v) is 14.6. The van der Waals surface area contributed by atoms with Crippen LogP contribution in [0.5, 0.6) is 0 Å². The van der Waals surface area contributed by atoms with Gasteiger partial charge in [-0.1, -0.05) is 29.3 Å². The van der Waals surface area contributed by atoms with Crippen molar-refractivity contribution in [3.63, 3.8) is 0 Å². The Morgan fingerprint density at radius 1 is 1.08 bits per heavy atom. The van der Waals surface area contributed by atoms with Gasteiger partial charge in [-0.3, -0.25) is 0 Å². The lowest BCUT2D eigenvalue weighted by Gasteiger charge is -2.06. The fraction of sp³-hybridized carbons (Fsp3) is 0.0588. The van der Waals surface area contributed by atoms with Crippen molar-refractivity contribution < 1.29 is 0 Å². The molecule has 4 aromatic rings. The number of aryl methyl sites for hydroxylation is 1. The molecule has 3 aromatic heterocycles. The van der Waals surface area contributed by atoms with E-state index >= 15 is 0 Å². The molecule has 0 unspecified atom stereocenters. The molecular formula is C17H12Cl2N6. The third kappa shape index (κ3) is 2.90. The maximum atomic E-state index is 6.31. The second kappa shape index (κ2) is 6.31. The molecule has 25 heavy (non-hydrogen) atoms. The van der Waals surface area contributed by atoms with Crippen LogP contribution in [0.2, 0.25) is 10.0 Å². The Balaban J connectivity index is 1.88. The summed E-state index contributed by atoms with van der Waals surface area (Å²) in [7, 11) is 0. The second-order valence-corrected chi connectivity index (χ2v) is 6.23. The number of rotatable bonds is 3. The van der Waals surface area contributed by atoms with Gasteiger partial charge in [0, 0.05) is 18.6 Å². The summed E-state index contributed by atoms with van der Waals surface area (Å²) in [6.07, 6.45) is 6.75. The number of aromatic nitrogens is 5. The third-order valence-corrected chi connectivity index (χ3v) is 4.34. The Labute approximate surface area is 153 Å². The largest absolute Gasteiger partial charge is 0.324 e. The van der Waals surface area contributed by atoms with Crippen LogP contribution in [0.1, 0.15) is 5.56 Å². The number of benzene rings is 1. The molecule has 124 valence electrons. The summed E-state index contributed by atoms with van der Waals surface area (Å²) in [4.78, 5) is 12.5. The summed E-state index contributed by atoms with van der Waals surface area (Å²) >= 11 is 12.6. The number of pyridine rings is 1. The summed E-state index contributed by atoms with van der Waals surface area (Å²) in [6, 6.07) is 7.12. The average molecular weight is 371 g/mol. The fourth-order valence-corrected chi connectivity index (χ4v) is 3.11. The number of nitrogens with one attached hydrogen (secondary N) is 1. The van der Waals surface area contributed by atoms with Crippen LogP contribution in [0.3, 0.4) is 0 Å². The van der Waals surface area contributed by atoms with Crippen molar-refractivity contribution in [3.8, 4) is 5.69 Å². The molecule has 4 rings (SSSR count). The molecule has 0 bridgehead atoms. The maximum Gasteiger partial charge on any atom is 0.142 e. The molecule has 0 saturated heterocycles. The minimum Gasteiger partial charge on any atom is -0.324 e. The van der Waals surface area contributed by atoms with Gasteiger partial charge in [-0.05, 0) is 30.7 Å². The normalized spacial score (nSPS) is 11.0. The van der Waals surface area contributed by atoms with Gasteiger partial charge in [0.2, 0.25) is 0 Å². The highest BCUT2D eigenvalue weighted by Crippen LogP contribution is 2.31. The van der Waals surface area contributed by atoms with Crippen LogP contribution in [0.15, 0.2) is 49.2 Å². The Hall–Kier alpha value is -2.70. The first-order valence-electron chi connectivity index (χ1n) is 7.46. The Bertz CT molecular complexity index is 1040. The van der Waals surface area contributed by atoms with Crippen LogP contribution in [0.4, 0.5) is 11.6 Å². The monoisotopic (exact) mass is 370 g/mol. The molecule has 0 fully saturated rings. The minimum atomic E-state index is 0.524. The molecule has 0 aliphatic heterocycles. The van der Waals surface area contributed by atoms with E-state index in [0.717, 1.165) is 16.5 Å². The summed E-state index contributed by atoms with van der Waals surface area (Å²) in [5.74, 6) is 1.30. The number of anilines is 2. The van der Waals surface area contributed by atoms with Crippen LogP contribution in [0, 0.1) is 6.92 Å². The van der Waals surface area contributed by atoms with Crippen LogP contribution >= 0.6 is 23.2 Å². The number of hydrogen-bond acceptors (Lipinski definition) is 5. The quantitative estimate of drug-likeness (QED) is 0.571. The van der Waals surface area contributed by atoms with Crippen molar-refractivity contribution in [2.45, 2.75) is 6.92 Å². The summed E-state index contributed by atoms with van der Waals surface area (Å²) < 4.78 is 1.68. The highest BCUT2D eigenvalue weighted by molar-refractivity contribution is 6.37. The van der Waals surface area contributed by atoms with E-state index in [1.165, 1.54) is 6.33 Å². The predicted molar refractivity (Wildman–Crippen MR) is 98.9 cm³/mol. The van der Waals surface area contributed by atoms with E-state index in [1.54, 1.807) is 41.3 Å². The number of nitrogens with zero attached hydrogens (tertiary/aromatic N) is 5. The highest BCUT2D eigenvalue weighted by atomic mass is 35.5. The number of fused-ring (bicyclic) bond motifs is 1. The molecule has 1 aromatic carbocycles. The van der Waals surface area contributed by atoms with Gasteiger partial charge >= 0.3 is 0 Å². The van der Waals surface area contributed by atoms with E-state index in [-0.39, 0.29) is 0 Å². The van der Waals surface area contributed by atoms with Gasteiger partial charge in [0.05, 0.1) is 15.4 Å². The molecule has 3 heterocycles. The second-order valence-electron chi connectivity index (χ2n) is 5.42. The fourth-order valence-electron chi connectivity index (χ4n) is 2.54. The van der Waals surface area contributed by atoms with E-state index < -0.39 is 0 Å². The SMILES string of the molecule is Cc1cnc(Nc2ccncn2)c2cn(-c3c(Cl)cccc3Cl)nc12. The zero-order chi connectivity index (χ0) is 17.4. The van der Waals surface area contributed by atoms with Gasteiger partial charge in [0.25, 0.3) is 0 Å². The molecule has 0 spiro atoms. The van der Waals surface area contributed by atoms with Gasteiger partial charge in [-0.25, -0.2) is 19.6 Å². The van der Waals surface area contributed by atoms with Gasteiger partial charge in [0.1, 0.15) is 29.2 Å². The first-order chi connectivity index (χ1) is 12.1. The van der Waals surface area contributed by atoms with Gasteiger partial charge in [-0.15, -0.1) is 0 Å². The van der Waals surface area contributed by atoms with E-state index in [2.05, 4.69) is 25.4 Å². The van der Waals surface area contributed by atoms with Crippen molar-refractivity contribution >= 4 is 45.7 Å². The van der Waals surface area contributed by atoms with Crippen LogP contribution in [-0.2, 0) is 0 Å². The first kappa shape index (κ1) is 15.8. The van der Waals surface area contributed by atoms with Crippen LogP contribution in [-0.4, -0.2) is 24.7 Å². The number of halogens is 2. The average Bonchev–Trinajstić information content (AvgIpc) is 3.04. The summed E-state index contributed by atoms with van der Waals surface area (Å²) in [5, 5.41) is 9.72. The van der Waals surface area contributed by atoms with Gasteiger partial charge in [-0.2, -0.15) is 5.10 Å². The molecule has 1 N–H and O–H groups in total. The molecule has 6 nitrogen and oxygen atoms in total. The Morgan fingerprint density at radius 2 is 1.88 bits per heavy atom. The van der Waals surface area contributed by atoms with E-state index in [9.17, 15) is 0 Å². The van der Waals surface area contributed by atoms with Crippen molar-refractivity contribution in [1.29, 1.82) is 0 Å². The van der Waals surface area contributed by atoms with Crippen molar-refractivity contribution in [2.24, 2.45) is 0 Å². The summed E-state index contributed by atoms with van der Waals surface area (Å²) in [6.45, 7) is 1.95. The molecule has 0 saturated carbocycles. The highest BCUT2D eigenvalue weighted by Gasteiger charge is 2.15. The molecule has 0 atom stereocenters. The van der Waals surface area contributed by atoms with Crippen LogP contribution in [0.25, 0.3) is 16.6 Å². The Kier molecular flexibility index (Phi) is 3.99. The standard InChI is InChI=1S/C17H12Cl2N6/c1-10-7-21-17(23-14-5-6-20-9-22-14)11-8-25(24-15(10)11)16-12(18)3-2-4-13(16)19/h2-9H,1H3,(H,20,21,22,23). The van der Waals surface area contributed by atoms with Gasteiger partial charge < -0.3 is 5.32 Å². The Morgan fingerprint density at radius 3 is 2.60 bits per heavy atom. The topological polar surface area (TPSA) is 68.5 Å². The van der Waals surface area contributed by atoms with Crippen molar-refractivity contribution in [1.82, 2.24) is 24.7 Å². The van der Waals surface area contributed by atoms with Crippen molar-refractivity contribution in [3.05, 3.63) is 64.8 Å². The lowest BCUT2D eigenvalue weighted by atomic mass is 10.2. The van der Waals surface area contributed by atoms with Gasteiger partial charge in [0.15, 0.2) is 0 Å². The maximum absolute atomic E-state index is 6.31. The van der Waals surface area contributed by atoms with Crippen LogP contribution < -0.4 is 5.32 Å². The molecule has 8 heteroatoms. The smallest absolute Gasteiger partial charge is 0.142 e. The molecule has 0 amide bonds. The zero-order valence-electron chi connectivity index (χ0n) is 13.1. The van der Waals surface area contributed by atoms with Crippen molar-refractivity contribution in [2.75, 3.05) is 5.32 Å². The number of para-hydroxylation sites is 1. The molecule has 0 aliphatic carbocycles. The molecule has 0 aliphatic rings. The lowest BCUT2D eigenvalue weighted by Crippen LogP contribution is -1.97. The number of hydrogen-bond donors (Lipinski definition) is 1. The molecular weight excluding hydrogens is 359 g/mol. The predicted octanol–water partition coefficient (Wildman–Crippen LogP) is 4.57.